The van der Waals surface area contributed by atoms with Crippen molar-refractivity contribution in [2.75, 3.05) is 32.7 Å². The molecule has 17 heavy (non-hydrogen) atoms. The van der Waals surface area contributed by atoms with Crippen LogP contribution in [0.25, 0.3) is 0 Å². The van der Waals surface area contributed by atoms with Gasteiger partial charge < -0.3 is 10.6 Å². The van der Waals surface area contributed by atoms with Gasteiger partial charge in [-0.3, -0.25) is 9.69 Å². The normalized spacial score (nSPS) is 22.8. The van der Waals surface area contributed by atoms with E-state index in [4.69, 9.17) is 0 Å². The van der Waals surface area contributed by atoms with E-state index in [-0.39, 0.29) is 18.3 Å². The van der Waals surface area contributed by atoms with E-state index in [9.17, 15) is 4.79 Å². The molecule has 0 aromatic carbocycles. The van der Waals surface area contributed by atoms with Gasteiger partial charge in [-0.2, -0.15) is 0 Å². The number of nitrogens with one attached hydrogen (secondary N) is 2. The smallest absolute Gasteiger partial charge is 0.234 e. The summed E-state index contributed by atoms with van der Waals surface area (Å²) in [5.74, 6) is 0.216. The molecule has 0 spiro atoms. The summed E-state index contributed by atoms with van der Waals surface area (Å²) < 4.78 is 0. The number of hydrogen-bond acceptors (Lipinski definition) is 3. The number of piperazine rings is 1. The molecule has 0 bridgehead atoms. The number of carbonyl (C=O) groups excluding carboxylic acids is 1. The molecule has 1 amide bonds. The molecule has 1 saturated heterocycles. The number of carbonyl (C=O) groups is 1. The Morgan fingerprint density at radius 1 is 1.18 bits per heavy atom. The highest BCUT2D eigenvalue weighted by molar-refractivity contribution is 5.85. The number of nitrogens with zero attached hydrogens (tertiary/aromatic N) is 1. The van der Waals surface area contributed by atoms with Crippen molar-refractivity contribution in [1.82, 2.24) is 15.5 Å². The Labute approximate surface area is 110 Å². The van der Waals surface area contributed by atoms with Gasteiger partial charge in [-0.25, -0.2) is 0 Å². The summed E-state index contributed by atoms with van der Waals surface area (Å²) in [6.45, 7) is 4.60. The molecule has 1 aliphatic heterocycles. The van der Waals surface area contributed by atoms with Crippen LogP contribution in [-0.4, -0.2) is 49.6 Å². The summed E-state index contributed by atoms with van der Waals surface area (Å²) >= 11 is 0. The van der Waals surface area contributed by atoms with Gasteiger partial charge in [-0.15, -0.1) is 12.4 Å². The maximum atomic E-state index is 11.8. The van der Waals surface area contributed by atoms with Crippen LogP contribution in [0.5, 0.6) is 0 Å². The van der Waals surface area contributed by atoms with E-state index < -0.39 is 0 Å². The summed E-state index contributed by atoms with van der Waals surface area (Å²) in [7, 11) is 0. The van der Waals surface area contributed by atoms with Crippen molar-refractivity contribution >= 4 is 18.3 Å². The zero-order chi connectivity index (χ0) is 11.2. The maximum Gasteiger partial charge on any atom is 0.234 e. The summed E-state index contributed by atoms with van der Waals surface area (Å²) in [4.78, 5) is 14.0. The van der Waals surface area contributed by atoms with Crippen LogP contribution in [0.2, 0.25) is 0 Å². The molecule has 100 valence electrons. The highest BCUT2D eigenvalue weighted by atomic mass is 35.5. The van der Waals surface area contributed by atoms with Gasteiger partial charge >= 0.3 is 0 Å². The minimum atomic E-state index is 0. The Kier molecular flexibility index (Phi) is 6.85. The monoisotopic (exact) mass is 261 g/mol. The molecule has 1 heterocycles. The van der Waals surface area contributed by atoms with Crippen molar-refractivity contribution in [1.29, 1.82) is 0 Å². The maximum absolute atomic E-state index is 11.8. The van der Waals surface area contributed by atoms with Crippen LogP contribution in [0.1, 0.15) is 32.1 Å². The molecule has 2 rings (SSSR count). The highest BCUT2D eigenvalue weighted by Crippen LogP contribution is 2.17. The lowest BCUT2D eigenvalue weighted by molar-refractivity contribution is -0.123. The first-order valence-corrected chi connectivity index (χ1v) is 6.57. The lowest BCUT2D eigenvalue weighted by Gasteiger charge is -2.28. The molecular weight excluding hydrogens is 238 g/mol. The van der Waals surface area contributed by atoms with Crippen LogP contribution >= 0.6 is 12.4 Å². The average molecular weight is 262 g/mol. The lowest BCUT2D eigenvalue weighted by Crippen LogP contribution is -2.49. The van der Waals surface area contributed by atoms with Crippen LogP contribution < -0.4 is 10.6 Å². The number of hydrogen-bond donors (Lipinski definition) is 2. The minimum absolute atomic E-state index is 0. The lowest BCUT2D eigenvalue weighted by atomic mass is 9.95. The predicted molar refractivity (Wildman–Crippen MR) is 71.6 cm³/mol. The number of rotatable bonds is 3. The predicted octanol–water partition coefficient (Wildman–Crippen LogP) is 0.762. The van der Waals surface area contributed by atoms with Crippen LogP contribution in [0.3, 0.4) is 0 Å². The second kappa shape index (κ2) is 7.90. The van der Waals surface area contributed by atoms with Gasteiger partial charge in [-0.05, 0) is 12.8 Å². The van der Waals surface area contributed by atoms with E-state index >= 15 is 0 Å². The first kappa shape index (κ1) is 14.7. The zero-order valence-corrected chi connectivity index (χ0v) is 11.2. The van der Waals surface area contributed by atoms with Gasteiger partial charge in [0.2, 0.25) is 5.91 Å². The Morgan fingerprint density at radius 3 is 2.47 bits per heavy atom. The molecule has 2 fully saturated rings. The zero-order valence-electron chi connectivity index (χ0n) is 10.4. The molecule has 2 N–H and O–H groups in total. The quantitative estimate of drug-likeness (QED) is 0.789. The van der Waals surface area contributed by atoms with E-state index in [2.05, 4.69) is 15.5 Å². The van der Waals surface area contributed by atoms with Crippen LogP contribution in [0, 0.1) is 0 Å². The standard InChI is InChI=1S/C12H23N3O.ClH/c16-12(10-15-8-6-13-7-9-15)14-11-4-2-1-3-5-11;/h11,13H,1-10H2,(H,14,16);1H. The van der Waals surface area contributed by atoms with Gasteiger partial charge in [0.15, 0.2) is 0 Å². The second-order valence-electron chi connectivity index (χ2n) is 4.93. The third-order valence-electron chi connectivity index (χ3n) is 3.55. The Morgan fingerprint density at radius 2 is 1.82 bits per heavy atom. The van der Waals surface area contributed by atoms with E-state index in [0.29, 0.717) is 12.6 Å². The fraction of sp³-hybridized carbons (Fsp3) is 0.917. The van der Waals surface area contributed by atoms with E-state index in [1.165, 1.54) is 32.1 Å². The van der Waals surface area contributed by atoms with E-state index in [1.807, 2.05) is 0 Å². The molecule has 0 unspecified atom stereocenters. The van der Waals surface area contributed by atoms with Crippen molar-refractivity contribution in [3.05, 3.63) is 0 Å². The number of halogens is 1. The van der Waals surface area contributed by atoms with Crippen molar-refractivity contribution in [3.8, 4) is 0 Å². The summed E-state index contributed by atoms with van der Waals surface area (Å²) in [6.07, 6.45) is 6.24. The minimum Gasteiger partial charge on any atom is -0.352 e. The van der Waals surface area contributed by atoms with Gasteiger partial charge in [0, 0.05) is 32.2 Å². The van der Waals surface area contributed by atoms with Crippen molar-refractivity contribution in [2.24, 2.45) is 0 Å². The average Bonchev–Trinajstić information content (AvgIpc) is 2.31. The number of amides is 1. The van der Waals surface area contributed by atoms with E-state index in [0.717, 1.165) is 26.2 Å². The Bertz CT molecular complexity index is 204. The van der Waals surface area contributed by atoms with Gasteiger partial charge in [0.05, 0.1) is 6.54 Å². The SMILES string of the molecule is Cl.O=C(CN1CCNCC1)NC1CCCCC1. The Balaban J connectivity index is 0.00000144. The topological polar surface area (TPSA) is 44.4 Å². The molecule has 0 radical (unpaired) electrons. The molecule has 4 nitrogen and oxygen atoms in total. The highest BCUT2D eigenvalue weighted by Gasteiger charge is 2.18. The first-order valence-electron chi connectivity index (χ1n) is 6.57. The van der Waals surface area contributed by atoms with Gasteiger partial charge in [0.1, 0.15) is 0 Å². The third kappa shape index (κ3) is 5.23. The molecule has 2 aliphatic rings. The van der Waals surface area contributed by atoms with Crippen molar-refractivity contribution in [3.63, 3.8) is 0 Å². The summed E-state index contributed by atoms with van der Waals surface area (Å²) in [5, 5.41) is 6.46. The third-order valence-corrected chi connectivity index (χ3v) is 3.55. The summed E-state index contributed by atoms with van der Waals surface area (Å²) in [6, 6.07) is 0.448. The molecule has 1 saturated carbocycles. The Hall–Kier alpha value is -0.320. The van der Waals surface area contributed by atoms with Crippen LogP contribution in [-0.2, 0) is 4.79 Å². The van der Waals surface area contributed by atoms with Gasteiger partial charge in [0.25, 0.3) is 0 Å². The molecule has 1 aliphatic carbocycles. The fourth-order valence-corrected chi connectivity index (χ4v) is 2.59. The van der Waals surface area contributed by atoms with Gasteiger partial charge in [-0.1, -0.05) is 19.3 Å². The molecule has 0 aromatic rings. The van der Waals surface area contributed by atoms with Crippen LogP contribution in [0.15, 0.2) is 0 Å². The second-order valence-corrected chi connectivity index (χ2v) is 4.93. The molecule has 0 aromatic heterocycles. The molecular formula is C12H24ClN3O. The molecule has 5 heteroatoms. The van der Waals surface area contributed by atoms with Crippen molar-refractivity contribution in [2.45, 2.75) is 38.1 Å². The fourth-order valence-electron chi connectivity index (χ4n) is 2.59. The van der Waals surface area contributed by atoms with Crippen LogP contribution in [0.4, 0.5) is 0 Å². The largest absolute Gasteiger partial charge is 0.352 e. The van der Waals surface area contributed by atoms with E-state index in [1.54, 1.807) is 0 Å². The molecule has 0 atom stereocenters. The van der Waals surface area contributed by atoms with Crippen molar-refractivity contribution < 1.29 is 4.79 Å². The first-order chi connectivity index (χ1) is 7.84. The summed E-state index contributed by atoms with van der Waals surface area (Å²) in [5.41, 5.74) is 0.